The highest BCUT2D eigenvalue weighted by Gasteiger charge is 2.14. The molecule has 0 aromatic heterocycles. The maximum atomic E-state index is 9.22. The Bertz CT molecular complexity index is 352. The van der Waals surface area contributed by atoms with Gasteiger partial charge in [-0.15, -0.1) is 0 Å². The fourth-order valence-corrected chi connectivity index (χ4v) is 2.13. The van der Waals surface area contributed by atoms with Gasteiger partial charge in [-0.3, -0.25) is 0 Å². The lowest BCUT2D eigenvalue weighted by molar-refractivity contribution is 0.266. The first-order chi connectivity index (χ1) is 7.63. The van der Waals surface area contributed by atoms with E-state index >= 15 is 0 Å². The van der Waals surface area contributed by atoms with Crippen LogP contribution in [-0.4, -0.2) is 25.4 Å². The van der Waals surface area contributed by atoms with Crippen LogP contribution in [0.4, 0.5) is 0 Å². The molecule has 16 heavy (non-hydrogen) atoms. The minimum absolute atomic E-state index is 0.0486. The van der Waals surface area contributed by atoms with E-state index in [-0.39, 0.29) is 12.5 Å². The van der Waals surface area contributed by atoms with Crippen LogP contribution >= 0.6 is 22.6 Å². The van der Waals surface area contributed by atoms with Gasteiger partial charge in [0.25, 0.3) is 0 Å². The summed E-state index contributed by atoms with van der Waals surface area (Å²) in [5.74, 6) is 1.70. The van der Waals surface area contributed by atoms with Crippen molar-refractivity contribution in [3.63, 3.8) is 0 Å². The van der Waals surface area contributed by atoms with E-state index < -0.39 is 0 Å². The van der Waals surface area contributed by atoms with Gasteiger partial charge in [0.15, 0.2) is 0 Å². The van der Waals surface area contributed by atoms with E-state index in [0.717, 1.165) is 20.6 Å². The Kier molecular flexibility index (Phi) is 5.34. The molecule has 4 heteroatoms. The summed E-state index contributed by atoms with van der Waals surface area (Å²) in [6.45, 7) is 4.63. The van der Waals surface area contributed by atoms with Crippen molar-refractivity contribution < 1.29 is 14.6 Å². The molecule has 0 aliphatic heterocycles. The largest absolute Gasteiger partial charge is 0.496 e. The summed E-state index contributed by atoms with van der Waals surface area (Å²) in [5, 5.41) is 9.22. The quantitative estimate of drug-likeness (QED) is 0.841. The van der Waals surface area contributed by atoms with Crippen molar-refractivity contribution in [3.05, 3.63) is 21.3 Å². The number of hydrogen-bond donors (Lipinski definition) is 1. The van der Waals surface area contributed by atoms with Crippen molar-refractivity contribution in [1.82, 2.24) is 0 Å². The molecule has 0 spiro atoms. The molecule has 1 unspecified atom stereocenters. The first-order valence-electron chi connectivity index (χ1n) is 5.25. The Labute approximate surface area is 110 Å². The van der Waals surface area contributed by atoms with E-state index in [1.165, 1.54) is 0 Å². The highest BCUT2D eigenvalue weighted by molar-refractivity contribution is 14.1. The van der Waals surface area contributed by atoms with E-state index in [2.05, 4.69) is 22.6 Å². The Balaban J connectivity index is 3.19. The molecule has 3 nitrogen and oxygen atoms in total. The number of aliphatic hydroxyl groups excluding tert-OH is 1. The summed E-state index contributed by atoms with van der Waals surface area (Å²) in [6.07, 6.45) is 0. The van der Waals surface area contributed by atoms with Crippen LogP contribution in [0, 0.1) is 3.57 Å². The maximum Gasteiger partial charge on any atom is 0.132 e. The second-order valence-electron chi connectivity index (χ2n) is 3.54. The number of halogens is 1. The fraction of sp³-hybridized carbons (Fsp3) is 0.500. The average molecular weight is 336 g/mol. The van der Waals surface area contributed by atoms with Crippen molar-refractivity contribution >= 4 is 22.6 Å². The SMILES string of the molecule is CCOc1cc(I)c(OC)cc1C(C)CO. The number of hydrogen-bond acceptors (Lipinski definition) is 3. The summed E-state index contributed by atoms with van der Waals surface area (Å²) < 4.78 is 11.8. The van der Waals surface area contributed by atoms with Crippen LogP contribution in [0.2, 0.25) is 0 Å². The molecule has 90 valence electrons. The number of aliphatic hydroxyl groups is 1. The molecular formula is C12H17IO3. The van der Waals surface area contributed by atoms with Gasteiger partial charge in [0.05, 0.1) is 17.3 Å². The van der Waals surface area contributed by atoms with Crippen molar-refractivity contribution in [3.8, 4) is 11.5 Å². The van der Waals surface area contributed by atoms with Gasteiger partial charge in [-0.25, -0.2) is 0 Å². The standard InChI is InChI=1S/C12H17IO3/c1-4-16-11-6-10(13)12(15-3)5-9(11)8(2)7-14/h5-6,8,14H,4,7H2,1-3H3. The monoisotopic (exact) mass is 336 g/mol. The minimum atomic E-state index is 0.0486. The molecule has 0 heterocycles. The van der Waals surface area contributed by atoms with Crippen LogP contribution in [0.3, 0.4) is 0 Å². The highest BCUT2D eigenvalue weighted by Crippen LogP contribution is 2.34. The van der Waals surface area contributed by atoms with Gasteiger partial charge in [-0.05, 0) is 41.6 Å². The van der Waals surface area contributed by atoms with E-state index in [1.54, 1.807) is 7.11 Å². The molecule has 1 aromatic carbocycles. The van der Waals surface area contributed by atoms with Gasteiger partial charge in [-0.1, -0.05) is 6.92 Å². The predicted molar refractivity (Wildman–Crippen MR) is 72.4 cm³/mol. The van der Waals surface area contributed by atoms with E-state index in [4.69, 9.17) is 9.47 Å². The van der Waals surface area contributed by atoms with Crippen LogP contribution in [0.5, 0.6) is 11.5 Å². The first kappa shape index (κ1) is 13.6. The van der Waals surface area contributed by atoms with Gasteiger partial charge in [0.1, 0.15) is 11.5 Å². The van der Waals surface area contributed by atoms with Crippen molar-refractivity contribution in [2.24, 2.45) is 0 Å². The van der Waals surface area contributed by atoms with E-state index in [0.29, 0.717) is 6.61 Å². The normalized spacial score (nSPS) is 12.3. The molecular weight excluding hydrogens is 319 g/mol. The highest BCUT2D eigenvalue weighted by atomic mass is 127. The maximum absolute atomic E-state index is 9.22. The molecule has 0 aliphatic rings. The van der Waals surface area contributed by atoms with Gasteiger partial charge in [0, 0.05) is 18.1 Å². The average Bonchev–Trinajstić information content (AvgIpc) is 2.29. The second-order valence-corrected chi connectivity index (χ2v) is 4.70. The Morgan fingerprint density at radius 1 is 1.38 bits per heavy atom. The minimum Gasteiger partial charge on any atom is -0.496 e. The molecule has 1 rings (SSSR count). The molecule has 1 N–H and O–H groups in total. The summed E-state index contributed by atoms with van der Waals surface area (Å²) in [4.78, 5) is 0. The second kappa shape index (κ2) is 6.30. The van der Waals surface area contributed by atoms with Crippen molar-refractivity contribution in [2.45, 2.75) is 19.8 Å². The third-order valence-corrected chi connectivity index (χ3v) is 3.23. The molecule has 1 atom stereocenters. The Morgan fingerprint density at radius 2 is 2.06 bits per heavy atom. The molecule has 0 aliphatic carbocycles. The zero-order chi connectivity index (χ0) is 12.1. The van der Waals surface area contributed by atoms with Crippen molar-refractivity contribution in [1.29, 1.82) is 0 Å². The predicted octanol–water partition coefficient (Wildman–Crippen LogP) is 2.79. The number of methoxy groups -OCH3 is 1. The molecule has 0 radical (unpaired) electrons. The van der Waals surface area contributed by atoms with Gasteiger partial charge in [0.2, 0.25) is 0 Å². The number of rotatable bonds is 5. The van der Waals surface area contributed by atoms with E-state index in [1.807, 2.05) is 26.0 Å². The molecule has 0 saturated heterocycles. The van der Waals surface area contributed by atoms with Crippen LogP contribution in [0.25, 0.3) is 0 Å². The van der Waals surface area contributed by atoms with Crippen LogP contribution in [0.1, 0.15) is 25.3 Å². The third kappa shape index (κ3) is 3.01. The topological polar surface area (TPSA) is 38.7 Å². The number of benzene rings is 1. The zero-order valence-electron chi connectivity index (χ0n) is 9.79. The summed E-state index contributed by atoms with van der Waals surface area (Å²) in [5.41, 5.74) is 0.988. The molecule has 0 fully saturated rings. The summed E-state index contributed by atoms with van der Waals surface area (Å²) >= 11 is 2.21. The molecule has 0 amide bonds. The summed E-state index contributed by atoms with van der Waals surface area (Å²) in [6, 6.07) is 3.89. The van der Waals surface area contributed by atoms with Crippen molar-refractivity contribution in [2.75, 3.05) is 20.3 Å². The molecule has 1 aromatic rings. The lowest BCUT2D eigenvalue weighted by Gasteiger charge is -2.17. The molecule has 0 bridgehead atoms. The smallest absolute Gasteiger partial charge is 0.132 e. The van der Waals surface area contributed by atoms with Crippen LogP contribution in [-0.2, 0) is 0 Å². The zero-order valence-corrected chi connectivity index (χ0v) is 11.9. The summed E-state index contributed by atoms with van der Waals surface area (Å²) in [7, 11) is 1.64. The Morgan fingerprint density at radius 3 is 2.56 bits per heavy atom. The van der Waals surface area contributed by atoms with Crippen LogP contribution < -0.4 is 9.47 Å². The Hall–Kier alpha value is -0.490. The lowest BCUT2D eigenvalue weighted by Crippen LogP contribution is -2.05. The number of ether oxygens (including phenoxy) is 2. The third-order valence-electron chi connectivity index (χ3n) is 2.39. The van der Waals surface area contributed by atoms with Gasteiger partial charge >= 0.3 is 0 Å². The van der Waals surface area contributed by atoms with E-state index in [9.17, 15) is 5.11 Å². The van der Waals surface area contributed by atoms with Gasteiger partial charge < -0.3 is 14.6 Å². The lowest BCUT2D eigenvalue weighted by atomic mass is 10.0. The van der Waals surface area contributed by atoms with Crippen LogP contribution in [0.15, 0.2) is 12.1 Å². The first-order valence-corrected chi connectivity index (χ1v) is 6.33. The fourth-order valence-electron chi connectivity index (χ4n) is 1.47. The van der Waals surface area contributed by atoms with Gasteiger partial charge in [-0.2, -0.15) is 0 Å². The molecule has 0 saturated carbocycles.